The van der Waals surface area contributed by atoms with Gasteiger partial charge in [-0.05, 0) is 24.3 Å². The highest BCUT2D eigenvalue weighted by molar-refractivity contribution is 6.30. The summed E-state index contributed by atoms with van der Waals surface area (Å²) in [6, 6.07) is 10.9. The molecule has 3 rings (SSSR count). The summed E-state index contributed by atoms with van der Waals surface area (Å²) in [5, 5.41) is 7.98. The number of rotatable bonds is 5. The van der Waals surface area contributed by atoms with Crippen molar-refractivity contribution >= 4 is 28.9 Å². The minimum absolute atomic E-state index is 0.486. The van der Waals surface area contributed by atoms with Gasteiger partial charge < -0.3 is 15.8 Å². The number of nitrogens with one attached hydrogen (secondary N) is 1. The van der Waals surface area contributed by atoms with Gasteiger partial charge in [0, 0.05) is 18.0 Å². The lowest BCUT2D eigenvalue weighted by atomic mass is 10.3. The second-order valence-electron chi connectivity index (χ2n) is 4.43. The molecule has 0 aliphatic rings. The highest BCUT2D eigenvalue weighted by atomic mass is 35.5. The molecule has 0 aliphatic heterocycles. The summed E-state index contributed by atoms with van der Waals surface area (Å²) in [5.41, 5.74) is 7.09. The summed E-state index contributed by atoms with van der Waals surface area (Å²) in [5.74, 6) is 1.28. The first-order valence-electron chi connectivity index (χ1n) is 6.45. The topological polar surface area (TPSA) is 77.5 Å². The summed E-state index contributed by atoms with van der Waals surface area (Å²) in [6.07, 6.45) is 1.71. The van der Waals surface area contributed by atoms with Crippen molar-refractivity contribution in [3.05, 3.63) is 47.6 Å². The van der Waals surface area contributed by atoms with Gasteiger partial charge in [0.15, 0.2) is 5.65 Å². The van der Waals surface area contributed by atoms with Gasteiger partial charge >= 0.3 is 0 Å². The van der Waals surface area contributed by atoms with Crippen molar-refractivity contribution < 1.29 is 4.74 Å². The van der Waals surface area contributed by atoms with E-state index in [1.807, 2.05) is 24.3 Å². The Morgan fingerprint density at radius 3 is 3.05 bits per heavy atom. The summed E-state index contributed by atoms with van der Waals surface area (Å²) in [4.78, 5) is 4.32. The molecule has 7 heteroatoms. The molecule has 0 spiro atoms. The molecule has 0 bridgehead atoms. The number of nitrogen functional groups attached to an aromatic ring is 1. The molecule has 0 aliphatic carbocycles. The van der Waals surface area contributed by atoms with Gasteiger partial charge in [0.25, 0.3) is 0 Å². The molecule has 0 fully saturated rings. The smallest absolute Gasteiger partial charge is 0.243 e. The van der Waals surface area contributed by atoms with Crippen LogP contribution in [0.1, 0.15) is 0 Å². The Morgan fingerprint density at radius 1 is 1.29 bits per heavy atom. The van der Waals surface area contributed by atoms with E-state index >= 15 is 0 Å². The molecule has 0 unspecified atom stereocenters. The zero-order valence-electron chi connectivity index (χ0n) is 11.2. The van der Waals surface area contributed by atoms with Crippen LogP contribution in [0.5, 0.6) is 5.75 Å². The Bertz CT molecular complexity index is 758. The van der Waals surface area contributed by atoms with Gasteiger partial charge in [0.05, 0.1) is 11.6 Å². The third kappa shape index (κ3) is 3.35. The third-order valence-electron chi connectivity index (χ3n) is 2.81. The van der Waals surface area contributed by atoms with Crippen LogP contribution in [0.2, 0.25) is 5.02 Å². The molecular formula is C14H14ClN5O. The lowest BCUT2D eigenvalue weighted by Crippen LogP contribution is -2.12. The van der Waals surface area contributed by atoms with E-state index in [1.54, 1.807) is 22.8 Å². The molecule has 108 valence electrons. The quantitative estimate of drug-likeness (QED) is 0.559. The van der Waals surface area contributed by atoms with Crippen LogP contribution in [0.3, 0.4) is 0 Å². The number of fused-ring (bicyclic) bond motifs is 1. The van der Waals surface area contributed by atoms with Crippen LogP contribution in [0.25, 0.3) is 5.65 Å². The number of pyridine rings is 1. The summed E-state index contributed by atoms with van der Waals surface area (Å²) >= 11 is 5.90. The highest BCUT2D eigenvalue weighted by Gasteiger charge is 2.03. The van der Waals surface area contributed by atoms with E-state index < -0.39 is 0 Å². The van der Waals surface area contributed by atoms with Gasteiger partial charge in [0.1, 0.15) is 12.4 Å². The molecule has 3 N–H and O–H groups in total. The number of aromatic nitrogens is 3. The Hall–Kier alpha value is -2.47. The van der Waals surface area contributed by atoms with Crippen molar-refractivity contribution in [2.45, 2.75) is 0 Å². The second-order valence-corrected chi connectivity index (χ2v) is 4.87. The lowest BCUT2D eigenvalue weighted by molar-refractivity contribution is 0.333. The zero-order chi connectivity index (χ0) is 14.7. The van der Waals surface area contributed by atoms with Crippen LogP contribution in [0, 0.1) is 0 Å². The molecule has 0 atom stereocenters. The Labute approximate surface area is 126 Å². The minimum atomic E-state index is 0.486. The van der Waals surface area contributed by atoms with E-state index in [-0.39, 0.29) is 0 Å². The average Bonchev–Trinajstić information content (AvgIpc) is 2.85. The van der Waals surface area contributed by atoms with Crippen LogP contribution >= 0.6 is 11.6 Å². The van der Waals surface area contributed by atoms with Gasteiger partial charge in [0.2, 0.25) is 5.95 Å². The lowest BCUT2D eigenvalue weighted by Gasteiger charge is -2.06. The number of nitrogens with two attached hydrogens (primary N) is 1. The highest BCUT2D eigenvalue weighted by Crippen LogP contribution is 2.14. The van der Waals surface area contributed by atoms with Gasteiger partial charge in [-0.15, -0.1) is 5.10 Å². The van der Waals surface area contributed by atoms with Crippen molar-refractivity contribution in [1.29, 1.82) is 0 Å². The molecule has 6 nitrogen and oxygen atoms in total. The van der Waals surface area contributed by atoms with Crippen molar-refractivity contribution in [1.82, 2.24) is 14.6 Å². The normalized spacial score (nSPS) is 10.7. The molecule has 3 aromatic rings. The molecule has 2 aromatic heterocycles. The Balaban J connectivity index is 1.54. The summed E-state index contributed by atoms with van der Waals surface area (Å²) in [6.45, 7) is 1.07. The van der Waals surface area contributed by atoms with Crippen molar-refractivity contribution in [3.63, 3.8) is 0 Å². The fourth-order valence-corrected chi connectivity index (χ4v) is 2.02. The first kappa shape index (κ1) is 13.5. The van der Waals surface area contributed by atoms with Crippen molar-refractivity contribution in [3.8, 4) is 5.75 Å². The van der Waals surface area contributed by atoms with E-state index in [0.29, 0.717) is 29.8 Å². The Kier molecular flexibility index (Phi) is 3.79. The van der Waals surface area contributed by atoms with Crippen LogP contribution < -0.4 is 15.8 Å². The molecule has 21 heavy (non-hydrogen) atoms. The Morgan fingerprint density at radius 2 is 2.19 bits per heavy atom. The summed E-state index contributed by atoms with van der Waals surface area (Å²) in [7, 11) is 0. The first-order chi connectivity index (χ1) is 10.2. The number of hydrogen-bond donors (Lipinski definition) is 2. The van der Waals surface area contributed by atoms with Crippen molar-refractivity contribution in [2.24, 2.45) is 0 Å². The van der Waals surface area contributed by atoms with E-state index in [0.717, 1.165) is 11.4 Å². The molecule has 0 saturated heterocycles. The van der Waals surface area contributed by atoms with Gasteiger partial charge in [-0.25, -0.2) is 4.52 Å². The SMILES string of the molecule is Nc1cccc(OCCNc2nc3ccc(Cl)cn3n2)c1. The number of benzene rings is 1. The second kappa shape index (κ2) is 5.88. The molecule has 1 aromatic carbocycles. The van der Waals surface area contributed by atoms with Gasteiger partial charge in [-0.1, -0.05) is 17.7 Å². The first-order valence-corrected chi connectivity index (χ1v) is 6.83. The zero-order valence-corrected chi connectivity index (χ0v) is 11.9. The number of halogens is 1. The van der Waals surface area contributed by atoms with E-state index in [4.69, 9.17) is 22.1 Å². The number of anilines is 2. The summed E-state index contributed by atoms with van der Waals surface area (Å²) < 4.78 is 7.20. The van der Waals surface area contributed by atoms with Crippen LogP contribution in [-0.4, -0.2) is 27.7 Å². The molecule has 0 amide bonds. The van der Waals surface area contributed by atoms with Gasteiger partial charge in [-0.3, -0.25) is 0 Å². The molecule has 0 radical (unpaired) electrons. The molecule has 2 heterocycles. The van der Waals surface area contributed by atoms with Crippen LogP contribution in [0.15, 0.2) is 42.6 Å². The minimum Gasteiger partial charge on any atom is -0.492 e. The molecule has 0 saturated carbocycles. The predicted molar refractivity (Wildman–Crippen MR) is 82.8 cm³/mol. The van der Waals surface area contributed by atoms with Crippen LogP contribution in [0.4, 0.5) is 11.6 Å². The maximum atomic E-state index is 5.90. The van der Waals surface area contributed by atoms with E-state index in [1.165, 1.54) is 0 Å². The van der Waals surface area contributed by atoms with Crippen molar-refractivity contribution in [2.75, 3.05) is 24.2 Å². The third-order valence-corrected chi connectivity index (χ3v) is 3.03. The standard InChI is InChI=1S/C14H14ClN5O/c15-10-4-5-13-18-14(19-20(13)9-10)17-6-7-21-12-3-1-2-11(16)8-12/h1-5,8-9H,6-7,16H2,(H,17,19). The van der Waals surface area contributed by atoms with E-state index in [9.17, 15) is 0 Å². The fraction of sp³-hybridized carbons (Fsp3) is 0.143. The monoisotopic (exact) mass is 303 g/mol. The van der Waals surface area contributed by atoms with E-state index in [2.05, 4.69) is 15.4 Å². The number of ether oxygens (including phenoxy) is 1. The average molecular weight is 304 g/mol. The maximum absolute atomic E-state index is 5.90. The van der Waals surface area contributed by atoms with Crippen LogP contribution in [-0.2, 0) is 0 Å². The number of hydrogen-bond acceptors (Lipinski definition) is 5. The number of nitrogens with zero attached hydrogens (tertiary/aromatic N) is 3. The fourth-order valence-electron chi connectivity index (χ4n) is 1.87. The molecular weight excluding hydrogens is 290 g/mol. The predicted octanol–water partition coefficient (Wildman–Crippen LogP) is 2.46. The maximum Gasteiger partial charge on any atom is 0.243 e. The van der Waals surface area contributed by atoms with Gasteiger partial charge in [-0.2, -0.15) is 4.98 Å². The largest absolute Gasteiger partial charge is 0.492 e.